The van der Waals surface area contributed by atoms with Crippen LogP contribution in [-0.4, -0.2) is 13.0 Å². The van der Waals surface area contributed by atoms with Crippen LogP contribution in [0.3, 0.4) is 0 Å². The average Bonchev–Trinajstić information content (AvgIpc) is 2.44. The van der Waals surface area contributed by atoms with E-state index in [4.69, 9.17) is 16.3 Å². The number of rotatable bonds is 3. The number of carbonyl (C=O) groups is 1. The molecule has 2 aromatic rings. The van der Waals surface area contributed by atoms with Crippen LogP contribution >= 0.6 is 24.2 Å². The van der Waals surface area contributed by atoms with E-state index >= 15 is 0 Å². The molecule has 1 N–H and O–H groups in total. The normalized spacial score (nSPS) is 10.2. The van der Waals surface area contributed by atoms with Crippen molar-refractivity contribution in [2.45, 2.75) is 4.90 Å². The smallest absolute Gasteiger partial charge is 0.255 e. The maximum absolute atomic E-state index is 13.1. The van der Waals surface area contributed by atoms with Crippen LogP contribution in [0, 0.1) is 5.82 Å². The van der Waals surface area contributed by atoms with Crippen LogP contribution in [0.1, 0.15) is 10.4 Å². The molecule has 104 valence electrons. The second-order valence-corrected chi connectivity index (χ2v) is 4.86. The highest BCUT2D eigenvalue weighted by molar-refractivity contribution is 7.80. The highest BCUT2D eigenvalue weighted by Crippen LogP contribution is 2.27. The fraction of sp³-hybridized carbons (Fsp3) is 0.0714. The van der Waals surface area contributed by atoms with Gasteiger partial charge in [0.05, 0.1) is 17.8 Å². The van der Waals surface area contributed by atoms with E-state index < -0.39 is 11.7 Å². The van der Waals surface area contributed by atoms with Crippen LogP contribution in [0.15, 0.2) is 41.3 Å². The van der Waals surface area contributed by atoms with Gasteiger partial charge in [0.2, 0.25) is 0 Å². The number of hydrogen-bond donors (Lipinski definition) is 2. The highest BCUT2D eigenvalue weighted by atomic mass is 35.5. The maximum Gasteiger partial charge on any atom is 0.255 e. The first-order valence-electron chi connectivity index (χ1n) is 5.64. The van der Waals surface area contributed by atoms with Crippen molar-refractivity contribution in [1.82, 2.24) is 0 Å². The molecular formula is C14H11ClFNO2S. The largest absolute Gasteiger partial charge is 0.497 e. The van der Waals surface area contributed by atoms with Gasteiger partial charge in [-0.2, -0.15) is 0 Å². The molecule has 0 unspecified atom stereocenters. The summed E-state index contributed by atoms with van der Waals surface area (Å²) in [5.74, 6) is -0.321. The Morgan fingerprint density at radius 3 is 2.70 bits per heavy atom. The number of hydrogen-bond acceptors (Lipinski definition) is 3. The standard InChI is InChI=1S/C14H11ClFNO2S/c1-19-9-3-4-10(15)12(7-9)17-14(18)8-2-5-11(16)13(20)6-8/h2-7,20H,1H3,(H,17,18). The summed E-state index contributed by atoms with van der Waals surface area (Å²) in [7, 11) is 1.52. The van der Waals surface area contributed by atoms with Crippen molar-refractivity contribution in [3.63, 3.8) is 0 Å². The minimum Gasteiger partial charge on any atom is -0.497 e. The zero-order chi connectivity index (χ0) is 14.7. The molecule has 0 bridgehead atoms. The quantitative estimate of drug-likeness (QED) is 0.840. The molecule has 0 heterocycles. The Morgan fingerprint density at radius 1 is 1.30 bits per heavy atom. The number of methoxy groups -OCH3 is 1. The zero-order valence-electron chi connectivity index (χ0n) is 10.5. The Bertz CT molecular complexity index is 664. The molecule has 0 aliphatic rings. The summed E-state index contributed by atoms with van der Waals surface area (Å²) in [5, 5.41) is 3.02. The second-order valence-electron chi connectivity index (χ2n) is 3.97. The lowest BCUT2D eigenvalue weighted by molar-refractivity contribution is 0.102. The van der Waals surface area contributed by atoms with Gasteiger partial charge in [-0.3, -0.25) is 4.79 Å². The van der Waals surface area contributed by atoms with Gasteiger partial charge < -0.3 is 10.1 Å². The van der Waals surface area contributed by atoms with Crippen LogP contribution in [-0.2, 0) is 0 Å². The van der Waals surface area contributed by atoms with E-state index in [9.17, 15) is 9.18 Å². The van der Waals surface area contributed by atoms with Crippen molar-refractivity contribution in [2.75, 3.05) is 12.4 Å². The lowest BCUT2D eigenvalue weighted by Gasteiger charge is -2.09. The van der Waals surface area contributed by atoms with Crippen LogP contribution in [0.5, 0.6) is 5.75 Å². The van der Waals surface area contributed by atoms with Gasteiger partial charge in [-0.15, -0.1) is 12.6 Å². The summed E-state index contributed by atoms with van der Waals surface area (Å²) >= 11 is 9.93. The van der Waals surface area contributed by atoms with Crippen LogP contribution in [0.4, 0.5) is 10.1 Å². The number of amides is 1. The number of nitrogens with one attached hydrogen (secondary N) is 1. The zero-order valence-corrected chi connectivity index (χ0v) is 12.1. The number of ether oxygens (including phenoxy) is 1. The minimum atomic E-state index is -0.482. The van der Waals surface area contributed by atoms with E-state index in [0.717, 1.165) is 0 Å². The molecule has 0 aliphatic heterocycles. The first-order valence-corrected chi connectivity index (χ1v) is 6.47. The number of thiol groups is 1. The van der Waals surface area contributed by atoms with Crippen molar-refractivity contribution in [3.8, 4) is 5.75 Å². The third-order valence-electron chi connectivity index (χ3n) is 2.63. The molecular weight excluding hydrogens is 301 g/mol. The van der Waals surface area contributed by atoms with Gasteiger partial charge >= 0.3 is 0 Å². The Kier molecular flexibility index (Phi) is 4.52. The van der Waals surface area contributed by atoms with Crippen molar-refractivity contribution in [1.29, 1.82) is 0 Å². The van der Waals surface area contributed by atoms with Crippen molar-refractivity contribution in [2.24, 2.45) is 0 Å². The molecule has 3 nitrogen and oxygen atoms in total. The average molecular weight is 312 g/mol. The van der Waals surface area contributed by atoms with Gasteiger partial charge in [-0.25, -0.2) is 4.39 Å². The lowest BCUT2D eigenvalue weighted by Crippen LogP contribution is -2.12. The van der Waals surface area contributed by atoms with E-state index in [-0.39, 0.29) is 10.5 Å². The maximum atomic E-state index is 13.1. The summed E-state index contributed by atoms with van der Waals surface area (Å²) in [6.45, 7) is 0. The van der Waals surface area contributed by atoms with E-state index in [1.165, 1.54) is 25.3 Å². The first kappa shape index (κ1) is 14.7. The van der Waals surface area contributed by atoms with E-state index in [1.807, 2.05) is 0 Å². The molecule has 6 heteroatoms. The molecule has 2 rings (SSSR count). The van der Waals surface area contributed by atoms with Crippen molar-refractivity contribution in [3.05, 3.63) is 52.8 Å². The van der Waals surface area contributed by atoms with Gasteiger partial charge in [-0.05, 0) is 30.3 Å². The van der Waals surface area contributed by atoms with Crippen LogP contribution < -0.4 is 10.1 Å². The minimum absolute atomic E-state index is 0.106. The van der Waals surface area contributed by atoms with Gasteiger partial charge in [0.25, 0.3) is 5.91 Å². The summed E-state index contributed by atoms with van der Waals surface area (Å²) < 4.78 is 18.2. The van der Waals surface area contributed by atoms with Gasteiger partial charge in [0.15, 0.2) is 0 Å². The van der Waals surface area contributed by atoms with E-state index in [1.54, 1.807) is 18.2 Å². The number of carbonyl (C=O) groups excluding carboxylic acids is 1. The topological polar surface area (TPSA) is 38.3 Å². The molecule has 1 amide bonds. The number of anilines is 1. The second kappa shape index (κ2) is 6.15. The Labute approximate surface area is 126 Å². The summed E-state index contributed by atoms with van der Waals surface area (Å²) in [5.41, 5.74) is 0.705. The Balaban J connectivity index is 2.25. The van der Waals surface area contributed by atoms with Gasteiger partial charge in [-0.1, -0.05) is 11.6 Å². The molecule has 20 heavy (non-hydrogen) atoms. The van der Waals surface area contributed by atoms with Crippen LogP contribution in [0.25, 0.3) is 0 Å². The lowest BCUT2D eigenvalue weighted by atomic mass is 10.2. The molecule has 0 spiro atoms. The fourth-order valence-corrected chi connectivity index (χ4v) is 1.95. The predicted molar refractivity (Wildman–Crippen MR) is 79.6 cm³/mol. The monoisotopic (exact) mass is 311 g/mol. The van der Waals surface area contributed by atoms with Crippen LogP contribution in [0.2, 0.25) is 5.02 Å². The molecule has 0 atom stereocenters. The Hall–Kier alpha value is -1.72. The molecule has 0 saturated heterocycles. The van der Waals surface area contributed by atoms with Gasteiger partial charge in [0.1, 0.15) is 11.6 Å². The molecule has 2 aromatic carbocycles. The number of halogens is 2. The third-order valence-corrected chi connectivity index (χ3v) is 3.30. The summed E-state index contributed by atoms with van der Waals surface area (Å²) in [6, 6.07) is 8.81. The molecule has 0 aromatic heterocycles. The molecule has 0 saturated carbocycles. The van der Waals surface area contributed by atoms with Crippen molar-refractivity contribution < 1.29 is 13.9 Å². The predicted octanol–water partition coefficient (Wildman–Crippen LogP) is 4.03. The fourth-order valence-electron chi connectivity index (χ4n) is 1.58. The summed E-state index contributed by atoms with van der Waals surface area (Å²) in [4.78, 5) is 12.2. The SMILES string of the molecule is COc1ccc(Cl)c(NC(=O)c2ccc(F)c(S)c2)c1. The third kappa shape index (κ3) is 3.23. The summed E-state index contributed by atoms with van der Waals surface area (Å²) in [6.07, 6.45) is 0. The molecule has 0 radical (unpaired) electrons. The highest BCUT2D eigenvalue weighted by Gasteiger charge is 2.11. The molecule has 0 fully saturated rings. The van der Waals surface area contributed by atoms with Gasteiger partial charge in [0, 0.05) is 16.5 Å². The van der Waals surface area contributed by atoms with E-state index in [2.05, 4.69) is 17.9 Å². The number of benzene rings is 2. The molecule has 0 aliphatic carbocycles. The first-order chi connectivity index (χ1) is 9.51. The Morgan fingerprint density at radius 2 is 2.05 bits per heavy atom. The van der Waals surface area contributed by atoms with Crippen molar-refractivity contribution >= 4 is 35.8 Å². The van der Waals surface area contributed by atoms with E-state index in [0.29, 0.717) is 16.5 Å².